The summed E-state index contributed by atoms with van der Waals surface area (Å²) in [5.74, 6) is 0.519. The fourth-order valence-electron chi connectivity index (χ4n) is 2.44. The predicted octanol–water partition coefficient (Wildman–Crippen LogP) is 1.25. The fourth-order valence-corrected chi connectivity index (χ4v) is 4.44. The van der Waals surface area contributed by atoms with Crippen molar-refractivity contribution in [3.05, 3.63) is 29.3 Å². The Balaban J connectivity index is 2.23. The molecule has 1 unspecified atom stereocenters. The van der Waals surface area contributed by atoms with Crippen molar-refractivity contribution in [3.63, 3.8) is 0 Å². The zero-order chi connectivity index (χ0) is 14.2. The van der Waals surface area contributed by atoms with Gasteiger partial charge in [0.25, 0.3) is 0 Å². The molecule has 0 radical (unpaired) electrons. The topological polar surface area (TPSA) is 63.4 Å². The Morgan fingerprint density at radius 1 is 1.47 bits per heavy atom. The quantitative estimate of drug-likeness (QED) is 0.851. The maximum Gasteiger partial charge on any atom is 0.152 e. The summed E-state index contributed by atoms with van der Waals surface area (Å²) in [7, 11) is -0.931. The van der Waals surface area contributed by atoms with Crippen LogP contribution in [0, 0.1) is 6.92 Å². The third-order valence-electron chi connectivity index (χ3n) is 3.64. The Morgan fingerprint density at radius 3 is 2.63 bits per heavy atom. The van der Waals surface area contributed by atoms with E-state index in [1.54, 1.807) is 0 Å². The van der Waals surface area contributed by atoms with Crippen molar-refractivity contribution in [3.8, 4) is 0 Å². The summed E-state index contributed by atoms with van der Waals surface area (Å²) in [6.07, 6.45) is 0.689. The summed E-state index contributed by atoms with van der Waals surface area (Å²) in [4.78, 5) is 2.41. The Labute approximate surface area is 119 Å². The average molecular weight is 298 g/mol. The van der Waals surface area contributed by atoms with Crippen molar-refractivity contribution in [1.29, 1.82) is 0 Å². The molecule has 0 spiro atoms. The van der Waals surface area contributed by atoms with Gasteiger partial charge in [-0.15, -0.1) is 0 Å². The van der Waals surface area contributed by atoms with E-state index in [0.717, 1.165) is 16.8 Å². The first-order chi connectivity index (χ1) is 8.80. The van der Waals surface area contributed by atoms with Crippen LogP contribution in [-0.2, 0) is 9.84 Å². The van der Waals surface area contributed by atoms with Crippen LogP contribution < -0.4 is 10.6 Å². The zero-order valence-corrected chi connectivity index (χ0v) is 12.7. The minimum absolute atomic E-state index is 0.0556. The van der Waals surface area contributed by atoms with Gasteiger partial charge in [-0.2, -0.15) is 0 Å². The minimum Gasteiger partial charge on any atom is -0.389 e. The Kier molecular flexibility index (Phi) is 3.82. The first-order valence-corrected chi connectivity index (χ1v) is 8.37. The average Bonchev–Trinajstić information content (AvgIpc) is 2.68. The number of nitrogens with zero attached hydrogens (tertiary/aromatic N) is 1. The van der Waals surface area contributed by atoms with Crippen molar-refractivity contribution in [1.82, 2.24) is 0 Å². The van der Waals surface area contributed by atoms with Crippen LogP contribution in [0.3, 0.4) is 0 Å². The molecule has 6 heteroatoms. The molecule has 0 bridgehead atoms. The highest BCUT2D eigenvalue weighted by atomic mass is 32.2. The molecule has 1 aromatic rings. The lowest BCUT2D eigenvalue weighted by molar-refractivity contribution is 0.601. The summed E-state index contributed by atoms with van der Waals surface area (Å²) >= 11 is 4.98. The van der Waals surface area contributed by atoms with Crippen LogP contribution >= 0.6 is 12.2 Å². The summed E-state index contributed by atoms with van der Waals surface area (Å²) in [6, 6.07) is 5.89. The first-order valence-electron chi connectivity index (χ1n) is 6.14. The van der Waals surface area contributed by atoms with E-state index < -0.39 is 9.84 Å². The van der Waals surface area contributed by atoms with E-state index in [1.165, 1.54) is 0 Å². The van der Waals surface area contributed by atoms with Gasteiger partial charge in [-0.25, -0.2) is 8.42 Å². The van der Waals surface area contributed by atoms with Gasteiger partial charge in [0.05, 0.1) is 11.5 Å². The third-order valence-corrected chi connectivity index (χ3v) is 5.61. The SMILES string of the molecule is Cc1cc(N(C)C2CCS(=O)(=O)C2)ccc1C(N)=S. The molecule has 2 rings (SSSR count). The van der Waals surface area contributed by atoms with Gasteiger partial charge in [0.1, 0.15) is 4.99 Å². The van der Waals surface area contributed by atoms with E-state index in [2.05, 4.69) is 0 Å². The maximum absolute atomic E-state index is 11.5. The normalized spacial score (nSPS) is 21.3. The van der Waals surface area contributed by atoms with Crippen LogP contribution in [0.1, 0.15) is 17.5 Å². The second-order valence-corrected chi connectivity index (χ2v) is 7.70. The van der Waals surface area contributed by atoms with E-state index in [1.807, 2.05) is 37.1 Å². The lowest BCUT2D eigenvalue weighted by Gasteiger charge is -2.26. The molecule has 0 saturated carbocycles. The van der Waals surface area contributed by atoms with E-state index in [4.69, 9.17) is 18.0 Å². The molecule has 104 valence electrons. The van der Waals surface area contributed by atoms with E-state index >= 15 is 0 Å². The summed E-state index contributed by atoms with van der Waals surface area (Å²) in [5, 5.41) is 0. The van der Waals surface area contributed by atoms with Gasteiger partial charge in [0, 0.05) is 24.3 Å². The van der Waals surface area contributed by atoms with Gasteiger partial charge in [0.15, 0.2) is 9.84 Å². The molecule has 1 aliphatic heterocycles. The molecule has 1 saturated heterocycles. The molecule has 0 amide bonds. The molecule has 0 aromatic heterocycles. The van der Waals surface area contributed by atoms with Crippen LogP contribution in [0.4, 0.5) is 5.69 Å². The highest BCUT2D eigenvalue weighted by Gasteiger charge is 2.30. The first kappa shape index (κ1) is 14.3. The molecule has 1 aromatic carbocycles. The van der Waals surface area contributed by atoms with Crippen molar-refractivity contribution in [2.75, 3.05) is 23.5 Å². The van der Waals surface area contributed by atoms with Gasteiger partial charge in [0.2, 0.25) is 0 Å². The summed E-state index contributed by atoms with van der Waals surface area (Å²) in [5.41, 5.74) is 8.52. The number of sulfone groups is 1. The van der Waals surface area contributed by atoms with Gasteiger partial charge in [-0.05, 0) is 37.1 Å². The standard InChI is InChI=1S/C13H18N2O2S2/c1-9-7-10(3-4-12(9)13(14)18)15(2)11-5-6-19(16,17)8-11/h3-4,7,11H,5-6,8H2,1-2H3,(H2,14,18). The van der Waals surface area contributed by atoms with Crippen molar-refractivity contribution in [2.24, 2.45) is 5.73 Å². The predicted molar refractivity (Wildman–Crippen MR) is 82.5 cm³/mol. The molecule has 2 N–H and O–H groups in total. The monoisotopic (exact) mass is 298 g/mol. The van der Waals surface area contributed by atoms with Gasteiger partial charge >= 0.3 is 0 Å². The van der Waals surface area contributed by atoms with Crippen LogP contribution in [0.5, 0.6) is 0 Å². The smallest absolute Gasteiger partial charge is 0.152 e. The second kappa shape index (κ2) is 5.09. The van der Waals surface area contributed by atoms with Gasteiger partial charge < -0.3 is 10.6 Å². The van der Waals surface area contributed by atoms with Crippen LogP contribution in [-0.4, -0.2) is 38.0 Å². The highest BCUT2D eigenvalue weighted by Crippen LogP contribution is 2.24. The number of hydrogen-bond acceptors (Lipinski definition) is 4. The van der Waals surface area contributed by atoms with Crippen LogP contribution in [0.15, 0.2) is 18.2 Å². The molecule has 1 atom stereocenters. The molecule has 4 nitrogen and oxygen atoms in total. The molecular weight excluding hydrogens is 280 g/mol. The highest BCUT2D eigenvalue weighted by molar-refractivity contribution is 7.91. The van der Waals surface area contributed by atoms with Gasteiger partial charge in [-0.1, -0.05) is 12.2 Å². The number of nitrogens with two attached hydrogens (primary N) is 1. The van der Waals surface area contributed by atoms with Crippen molar-refractivity contribution < 1.29 is 8.42 Å². The Bertz CT molecular complexity index is 611. The number of anilines is 1. The minimum atomic E-state index is -2.86. The number of hydrogen-bond donors (Lipinski definition) is 1. The molecule has 1 heterocycles. The van der Waals surface area contributed by atoms with Crippen molar-refractivity contribution in [2.45, 2.75) is 19.4 Å². The third kappa shape index (κ3) is 3.06. The van der Waals surface area contributed by atoms with Crippen molar-refractivity contribution >= 4 is 32.7 Å². The maximum atomic E-state index is 11.5. The zero-order valence-electron chi connectivity index (χ0n) is 11.1. The van der Waals surface area contributed by atoms with E-state index in [0.29, 0.717) is 11.4 Å². The fraction of sp³-hybridized carbons (Fsp3) is 0.462. The molecule has 19 heavy (non-hydrogen) atoms. The molecule has 1 fully saturated rings. The number of benzene rings is 1. The Morgan fingerprint density at radius 2 is 2.16 bits per heavy atom. The molecule has 0 aliphatic carbocycles. The largest absolute Gasteiger partial charge is 0.389 e. The second-order valence-electron chi connectivity index (χ2n) is 5.03. The lowest BCUT2D eigenvalue weighted by atomic mass is 10.1. The number of rotatable bonds is 3. The van der Waals surface area contributed by atoms with Gasteiger partial charge in [-0.3, -0.25) is 0 Å². The summed E-state index contributed by atoms with van der Waals surface area (Å²) in [6.45, 7) is 1.96. The Hall–Kier alpha value is -1.14. The van der Waals surface area contributed by atoms with E-state index in [-0.39, 0.29) is 17.5 Å². The van der Waals surface area contributed by atoms with Crippen LogP contribution in [0.25, 0.3) is 0 Å². The van der Waals surface area contributed by atoms with Crippen LogP contribution in [0.2, 0.25) is 0 Å². The number of thiocarbonyl (C=S) groups is 1. The molecular formula is C13H18N2O2S2. The number of aryl methyl sites for hydroxylation is 1. The molecule has 1 aliphatic rings. The van der Waals surface area contributed by atoms with E-state index in [9.17, 15) is 8.42 Å². The summed E-state index contributed by atoms with van der Waals surface area (Å²) < 4.78 is 23.1. The lowest BCUT2D eigenvalue weighted by Crippen LogP contribution is -2.32.